The molecule has 2 rings (SSSR count). The SMILES string of the molecule is CC1=CC(CC#N)C(C(C)C)CC1CC(=O)NCc1ccc(F)cc1. The molecule has 3 unspecified atom stereocenters. The van der Waals surface area contributed by atoms with E-state index >= 15 is 0 Å². The molecule has 0 saturated carbocycles. The van der Waals surface area contributed by atoms with Gasteiger partial charge in [0.05, 0.1) is 6.07 Å². The Balaban J connectivity index is 1.94. The van der Waals surface area contributed by atoms with Crippen molar-refractivity contribution in [2.45, 2.75) is 46.6 Å². The van der Waals surface area contributed by atoms with Crippen molar-refractivity contribution in [1.29, 1.82) is 5.26 Å². The quantitative estimate of drug-likeness (QED) is 0.768. The lowest BCUT2D eigenvalue weighted by molar-refractivity contribution is -0.122. The van der Waals surface area contributed by atoms with E-state index in [0.717, 1.165) is 12.0 Å². The molecule has 0 bridgehead atoms. The first-order valence-corrected chi connectivity index (χ1v) is 8.97. The molecule has 4 heteroatoms. The first-order chi connectivity index (χ1) is 11.9. The van der Waals surface area contributed by atoms with Crippen LogP contribution in [0.3, 0.4) is 0 Å². The largest absolute Gasteiger partial charge is 0.352 e. The van der Waals surface area contributed by atoms with Crippen LogP contribution in [0.25, 0.3) is 0 Å². The minimum Gasteiger partial charge on any atom is -0.352 e. The van der Waals surface area contributed by atoms with Crippen LogP contribution in [0.15, 0.2) is 35.9 Å². The smallest absolute Gasteiger partial charge is 0.220 e. The minimum atomic E-state index is -0.273. The van der Waals surface area contributed by atoms with Gasteiger partial charge in [-0.1, -0.05) is 37.6 Å². The number of nitrogens with one attached hydrogen (secondary N) is 1. The molecule has 0 fully saturated rings. The third-order valence-electron chi connectivity index (χ3n) is 5.25. The number of benzene rings is 1. The second kappa shape index (κ2) is 8.80. The van der Waals surface area contributed by atoms with Gasteiger partial charge in [0.15, 0.2) is 0 Å². The second-order valence-corrected chi connectivity index (χ2v) is 7.38. The van der Waals surface area contributed by atoms with Gasteiger partial charge in [-0.2, -0.15) is 5.26 Å². The highest BCUT2D eigenvalue weighted by Gasteiger charge is 2.32. The molecule has 134 valence electrons. The van der Waals surface area contributed by atoms with Crippen molar-refractivity contribution >= 4 is 5.91 Å². The van der Waals surface area contributed by atoms with E-state index in [2.05, 4.69) is 38.2 Å². The molecule has 0 saturated heterocycles. The predicted molar refractivity (Wildman–Crippen MR) is 96.8 cm³/mol. The molecule has 0 aliphatic heterocycles. The van der Waals surface area contributed by atoms with Crippen LogP contribution in [0, 0.1) is 40.8 Å². The monoisotopic (exact) mass is 342 g/mol. The van der Waals surface area contributed by atoms with Crippen molar-refractivity contribution in [3.8, 4) is 6.07 Å². The molecule has 1 N–H and O–H groups in total. The summed E-state index contributed by atoms with van der Waals surface area (Å²) in [5, 5.41) is 12.0. The van der Waals surface area contributed by atoms with Crippen molar-refractivity contribution < 1.29 is 9.18 Å². The van der Waals surface area contributed by atoms with Crippen molar-refractivity contribution in [2.75, 3.05) is 0 Å². The molecule has 1 aliphatic carbocycles. The highest BCUT2D eigenvalue weighted by Crippen LogP contribution is 2.40. The van der Waals surface area contributed by atoms with E-state index in [1.807, 2.05) is 0 Å². The Hall–Kier alpha value is -2.15. The number of allylic oxidation sites excluding steroid dienone is 2. The van der Waals surface area contributed by atoms with Gasteiger partial charge in [0, 0.05) is 19.4 Å². The number of rotatable bonds is 6. The fraction of sp³-hybridized carbons (Fsp3) is 0.524. The van der Waals surface area contributed by atoms with E-state index < -0.39 is 0 Å². The third-order valence-corrected chi connectivity index (χ3v) is 5.25. The molecule has 1 aliphatic rings. The maximum Gasteiger partial charge on any atom is 0.220 e. The predicted octanol–water partition coefficient (Wildman–Crippen LogP) is 4.60. The zero-order chi connectivity index (χ0) is 18.4. The first kappa shape index (κ1) is 19.2. The van der Waals surface area contributed by atoms with Gasteiger partial charge in [-0.05, 0) is 54.7 Å². The molecule has 0 heterocycles. The summed E-state index contributed by atoms with van der Waals surface area (Å²) in [4.78, 5) is 12.3. The van der Waals surface area contributed by atoms with Crippen molar-refractivity contribution in [2.24, 2.45) is 23.7 Å². The summed E-state index contributed by atoms with van der Waals surface area (Å²) in [6.07, 6.45) is 4.17. The lowest BCUT2D eigenvalue weighted by Crippen LogP contribution is -2.31. The molecule has 1 amide bonds. The molecule has 1 aromatic carbocycles. The summed E-state index contributed by atoms with van der Waals surface area (Å²) >= 11 is 0. The van der Waals surface area contributed by atoms with Crippen LogP contribution in [-0.2, 0) is 11.3 Å². The lowest BCUT2D eigenvalue weighted by atomic mass is 9.69. The summed E-state index contributed by atoms with van der Waals surface area (Å²) in [5.41, 5.74) is 2.11. The van der Waals surface area contributed by atoms with E-state index in [4.69, 9.17) is 5.26 Å². The van der Waals surface area contributed by atoms with Crippen LogP contribution < -0.4 is 5.32 Å². The topological polar surface area (TPSA) is 52.9 Å². The average molecular weight is 342 g/mol. The molecule has 0 aromatic heterocycles. The number of carbonyl (C=O) groups excluding carboxylic acids is 1. The third kappa shape index (κ3) is 5.42. The molecule has 0 radical (unpaired) electrons. The van der Waals surface area contributed by atoms with Gasteiger partial charge >= 0.3 is 0 Å². The number of carbonyl (C=O) groups is 1. The van der Waals surface area contributed by atoms with Gasteiger partial charge in [-0.15, -0.1) is 0 Å². The van der Waals surface area contributed by atoms with Crippen LogP contribution in [0.5, 0.6) is 0 Å². The molecular weight excluding hydrogens is 315 g/mol. The first-order valence-electron chi connectivity index (χ1n) is 8.97. The van der Waals surface area contributed by atoms with E-state index in [9.17, 15) is 9.18 Å². The maximum atomic E-state index is 12.9. The van der Waals surface area contributed by atoms with Crippen LogP contribution in [-0.4, -0.2) is 5.91 Å². The molecule has 3 atom stereocenters. The lowest BCUT2D eigenvalue weighted by Gasteiger charge is -2.36. The molecule has 25 heavy (non-hydrogen) atoms. The number of hydrogen-bond acceptors (Lipinski definition) is 2. The highest BCUT2D eigenvalue weighted by molar-refractivity contribution is 5.76. The number of amides is 1. The van der Waals surface area contributed by atoms with Gasteiger partial charge in [0.25, 0.3) is 0 Å². The second-order valence-electron chi connectivity index (χ2n) is 7.38. The Kier molecular flexibility index (Phi) is 6.75. The normalized spacial score (nSPS) is 23.0. The molecule has 3 nitrogen and oxygen atoms in total. The fourth-order valence-electron chi connectivity index (χ4n) is 3.71. The van der Waals surface area contributed by atoms with Crippen LogP contribution in [0.2, 0.25) is 0 Å². The number of nitriles is 1. The van der Waals surface area contributed by atoms with E-state index in [-0.39, 0.29) is 17.6 Å². The average Bonchev–Trinajstić information content (AvgIpc) is 2.56. The zero-order valence-electron chi connectivity index (χ0n) is 15.3. The summed E-state index contributed by atoms with van der Waals surface area (Å²) in [5.74, 6) is 1.21. The van der Waals surface area contributed by atoms with Gasteiger partial charge in [-0.25, -0.2) is 4.39 Å². The van der Waals surface area contributed by atoms with Crippen LogP contribution in [0.4, 0.5) is 4.39 Å². The Morgan fingerprint density at radius 1 is 1.36 bits per heavy atom. The van der Waals surface area contributed by atoms with E-state index in [0.29, 0.717) is 37.1 Å². The van der Waals surface area contributed by atoms with Gasteiger partial charge in [0.2, 0.25) is 5.91 Å². The standard InChI is InChI=1S/C21H27FN2O/c1-14(2)20-11-18(15(3)10-17(20)8-9-23)12-21(25)24-13-16-4-6-19(22)7-5-16/h4-7,10,14,17-18,20H,8,11-13H2,1-3H3,(H,24,25). The van der Waals surface area contributed by atoms with Crippen molar-refractivity contribution in [3.05, 3.63) is 47.3 Å². The van der Waals surface area contributed by atoms with Gasteiger partial charge in [0.1, 0.15) is 5.82 Å². The summed E-state index contributed by atoms with van der Waals surface area (Å²) in [6, 6.07) is 8.46. The van der Waals surface area contributed by atoms with Crippen molar-refractivity contribution in [1.82, 2.24) is 5.32 Å². The van der Waals surface area contributed by atoms with Crippen LogP contribution in [0.1, 0.15) is 45.6 Å². The van der Waals surface area contributed by atoms with E-state index in [1.54, 1.807) is 12.1 Å². The van der Waals surface area contributed by atoms with Gasteiger partial charge < -0.3 is 5.32 Å². The van der Waals surface area contributed by atoms with Crippen LogP contribution >= 0.6 is 0 Å². The van der Waals surface area contributed by atoms with Gasteiger partial charge in [-0.3, -0.25) is 4.79 Å². The molecular formula is C21H27FN2O. The summed E-state index contributed by atoms with van der Waals surface area (Å²) in [6.45, 7) is 6.86. The Bertz CT molecular complexity index is 657. The number of hydrogen-bond donors (Lipinski definition) is 1. The molecule has 0 spiro atoms. The Labute approximate surface area is 149 Å². The minimum absolute atomic E-state index is 0.0170. The Morgan fingerprint density at radius 3 is 2.64 bits per heavy atom. The number of nitrogens with zero attached hydrogens (tertiary/aromatic N) is 1. The zero-order valence-corrected chi connectivity index (χ0v) is 15.3. The maximum absolute atomic E-state index is 12.9. The summed E-state index contributed by atoms with van der Waals surface area (Å²) in [7, 11) is 0. The Morgan fingerprint density at radius 2 is 2.04 bits per heavy atom. The summed E-state index contributed by atoms with van der Waals surface area (Å²) < 4.78 is 12.9. The molecule has 1 aromatic rings. The van der Waals surface area contributed by atoms with E-state index in [1.165, 1.54) is 17.7 Å². The highest BCUT2D eigenvalue weighted by atomic mass is 19.1. The van der Waals surface area contributed by atoms with Crippen molar-refractivity contribution in [3.63, 3.8) is 0 Å². The number of halogens is 1. The fourth-order valence-corrected chi connectivity index (χ4v) is 3.71.